The van der Waals surface area contributed by atoms with Gasteiger partial charge in [-0.15, -0.1) is 0 Å². The molecule has 7 heteroatoms. The Balaban J connectivity index is 1.20. The summed E-state index contributed by atoms with van der Waals surface area (Å²) in [6.45, 7) is 4.13. The minimum Gasteiger partial charge on any atom is -0.353 e. The van der Waals surface area contributed by atoms with Crippen molar-refractivity contribution in [3.05, 3.63) is 71.8 Å². The number of piperidine rings is 2. The summed E-state index contributed by atoms with van der Waals surface area (Å²) in [7, 11) is -3.12. The first kappa shape index (κ1) is 25.9. The first-order valence-corrected chi connectivity index (χ1v) is 14.8. The number of amides is 1. The van der Waals surface area contributed by atoms with Crippen LogP contribution in [0.2, 0.25) is 0 Å². The minimum atomic E-state index is -3.12. The molecule has 0 atom stereocenters. The van der Waals surface area contributed by atoms with E-state index < -0.39 is 10.0 Å². The third-order valence-electron chi connectivity index (χ3n) is 7.61. The lowest BCUT2D eigenvalue weighted by Gasteiger charge is -2.34. The Kier molecular flexibility index (Phi) is 8.98. The van der Waals surface area contributed by atoms with Crippen LogP contribution in [0.1, 0.15) is 55.6 Å². The van der Waals surface area contributed by atoms with Gasteiger partial charge in [-0.25, -0.2) is 12.7 Å². The molecule has 2 aromatic rings. The van der Waals surface area contributed by atoms with Crippen LogP contribution in [0.15, 0.2) is 60.7 Å². The summed E-state index contributed by atoms with van der Waals surface area (Å²) in [6.07, 6.45) is 6.35. The van der Waals surface area contributed by atoms with E-state index in [-0.39, 0.29) is 17.9 Å². The Bertz CT molecular complexity index is 990. The van der Waals surface area contributed by atoms with Crippen molar-refractivity contribution in [1.82, 2.24) is 14.5 Å². The van der Waals surface area contributed by atoms with Crippen molar-refractivity contribution in [3.8, 4) is 0 Å². The van der Waals surface area contributed by atoms with E-state index in [4.69, 9.17) is 0 Å². The van der Waals surface area contributed by atoms with Crippen molar-refractivity contribution in [3.63, 3.8) is 0 Å². The van der Waals surface area contributed by atoms with Crippen LogP contribution in [0, 0.1) is 5.92 Å². The van der Waals surface area contributed by atoms with Crippen LogP contribution in [0.4, 0.5) is 0 Å². The maximum atomic E-state index is 12.6. The lowest BCUT2D eigenvalue weighted by Crippen LogP contribution is -2.45. The first-order chi connectivity index (χ1) is 16.9. The second kappa shape index (κ2) is 12.2. The highest BCUT2D eigenvalue weighted by Gasteiger charge is 2.27. The molecule has 2 fully saturated rings. The normalized spacial score (nSPS) is 19.1. The fourth-order valence-electron chi connectivity index (χ4n) is 5.50. The Hall–Kier alpha value is -2.22. The molecule has 0 aliphatic carbocycles. The van der Waals surface area contributed by atoms with E-state index >= 15 is 0 Å². The molecule has 0 unspecified atom stereocenters. The van der Waals surface area contributed by atoms with Crippen molar-refractivity contribution in [2.45, 2.75) is 50.5 Å². The van der Waals surface area contributed by atoms with Crippen LogP contribution in [0.5, 0.6) is 0 Å². The van der Waals surface area contributed by atoms with Gasteiger partial charge in [0.25, 0.3) is 0 Å². The fraction of sp³-hybridized carbons (Fsp3) is 0.536. The molecule has 35 heavy (non-hydrogen) atoms. The predicted octanol–water partition coefficient (Wildman–Crippen LogP) is 3.85. The van der Waals surface area contributed by atoms with Gasteiger partial charge < -0.3 is 10.2 Å². The number of benzene rings is 2. The van der Waals surface area contributed by atoms with Gasteiger partial charge in [-0.2, -0.15) is 0 Å². The molecule has 1 amide bonds. The van der Waals surface area contributed by atoms with E-state index in [1.807, 2.05) is 0 Å². The molecule has 2 aliphatic heterocycles. The number of hydrogen-bond acceptors (Lipinski definition) is 4. The molecule has 1 N–H and O–H groups in total. The highest BCUT2D eigenvalue weighted by molar-refractivity contribution is 7.88. The fourth-order valence-corrected chi connectivity index (χ4v) is 6.38. The number of carbonyl (C=O) groups excluding carboxylic acids is 1. The van der Waals surface area contributed by atoms with Crippen LogP contribution in [0.3, 0.4) is 0 Å². The standard InChI is InChI=1S/C28H39N3O3S/c1-35(33,34)31-20-12-23(13-21-31)22-28(32)29-26-14-17-30(18-15-26)19-16-27(24-8-4-2-5-9-24)25-10-6-3-7-11-25/h2-11,23,26-27H,12-22H2,1H3,(H,29,32). The summed E-state index contributed by atoms with van der Waals surface area (Å²) < 4.78 is 24.9. The Morgan fingerprint density at radius 3 is 1.94 bits per heavy atom. The number of sulfonamides is 1. The van der Waals surface area contributed by atoms with E-state index in [1.165, 1.54) is 21.7 Å². The van der Waals surface area contributed by atoms with Crippen molar-refractivity contribution in [1.29, 1.82) is 0 Å². The molecule has 2 saturated heterocycles. The molecule has 0 aromatic heterocycles. The second-order valence-electron chi connectivity index (χ2n) is 10.2. The molecule has 0 bridgehead atoms. The van der Waals surface area contributed by atoms with Crippen LogP contribution in [0.25, 0.3) is 0 Å². The van der Waals surface area contributed by atoms with Gasteiger partial charge in [-0.1, -0.05) is 60.7 Å². The number of nitrogens with one attached hydrogen (secondary N) is 1. The van der Waals surface area contributed by atoms with Crippen molar-refractivity contribution < 1.29 is 13.2 Å². The van der Waals surface area contributed by atoms with Gasteiger partial charge in [0.15, 0.2) is 0 Å². The predicted molar refractivity (Wildman–Crippen MR) is 141 cm³/mol. The minimum absolute atomic E-state index is 0.120. The largest absolute Gasteiger partial charge is 0.353 e. The van der Waals surface area contributed by atoms with Crippen molar-refractivity contribution in [2.24, 2.45) is 5.92 Å². The number of rotatable bonds is 9. The Morgan fingerprint density at radius 1 is 0.886 bits per heavy atom. The Morgan fingerprint density at radius 2 is 1.43 bits per heavy atom. The summed E-state index contributed by atoms with van der Waals surface area (Å²) in [5.41, 5.74) is 2.73. The van der Waals surface area contributed by atoms with Gasteiger partial charge in [0.1, 0.15) is 0 Å². The van der Waals surface area contributed by atoms with Gasteiger partial charge in [0.05, 0.1) is 6.26 Å². The topological polar surface area (TPSA) is 69.7 Å². The molecule has 0 radical (unpaired) electrons. The van der Waals surface area contributed by atoms with Gasteiger partial charge in [0, 0.05) is 44.6 Å². The quantitative estimate of drug-likeness (QED) is 0.571. The van der Waals surface area contributed by atoms with Gasteiger partial charge >= 0.3 is 0 Å². The van der Waals surface area contributed by atoms with E-state index in [1.54, 1.807) is 0 Å². The lowest BCUT2D eigenvalue weighted by atomic mass is 9.88. The average Bonchev–Trinajstić information content (AvgIpc) is 2.86. The zero-order valence-corrected chi connectivity index (χ0v) is 21.6. The van der Waals surface area contributed by atoms with Crippen LogP contribution in [-0.2, 0) is 14.8 Å². The molecule has 190 valence electrons. The zero-order valence-electron chi connectivity index (χ0n) is 20.8. The molecule has 2 heterocycles. The maximum Gasteiger partial charge on any atom is 0.220 e. The van der Waals surface area contributed by atoms with E-state index in [0.29, 0.717) is 25.4 Å². The first-order valence-electron chi connectivity index (χ1n) is 12.9. The maximum absolute atomic E-state index is 12.6. The van der Waals surface area contributed by atoms with Crippen LogP contribution in [-0.4, -0.2) is 68.6 Å². The molecule has 0 saturated carbocycles. The second-order valence-corrected chi connectivity index (χ2v) is 12.1. The summed E-state index contributed by atoms with van der Waals surface area (Å²) in [6, 6.07) is 21.8. The third-order valence-corrected chi connectivity index (χ3v) is 8.91. The van der Waals surface area contributed by atoms with Gasteiger partial charge in [-0.05, 0) is 55.7 Å². The summed E-state index contributed by atoms with van der Waals surface area (Å²) in [4.78, 5) is 15.1. The highest BCUT2D eigenvalue weighted by Crippen LogP contribution is 2.28. The number of nitrogens with zero attached hydrogens (tertiary/aromatic N) is 2. The van der Waals surface area contributed by atoms with Crippen molar-refractivity contribution >= 4 is 15.9 Å². The van der Waals surface area contributed by atoms with Crippen LogP contribution < -0.4 is 5.32 Å². The van der Waals surface area contributed by atoms with E-state index in [9.17, 15) is 13.2 Å². The highest BCUT2D eigenvalue weighted by atomic mass is 32.2. The van der Waals surface area contributed by atoms with Crippen molar-refractivity contribution in [2.75, 3.05) is 39.0 Å². The number of hydrogen-bond donors (Lipinski definition) is 1. The van der Waals surface area contributed by atoms with Gasteiger partial charge in [0.2, 0.25) is 15.9 Å². The van der Waals surface area contributed by atoms with Crippen LogP contribution >= 0.6 is 0 Å². The van der Waals surface area contributed by atoms with E-state index in [0.717, 1.165) is 51.7 Å². The number of likely N-dealkylation sites (tertiary alicyclic amines) is 1. The summed E-state index contributed by atoms with van der Waals surface area (Å²) in [5, 5.41) is 3.25. The Labute approximate surface area is 210 Å². The summed E-state index contributed by atoms with van der Waals surface area (Å²) in [5.74, 6) is 0.791. The molecular formula is C28H39N3O3S. The average molecular weight is 498 g/mol. The lowest BCUT2D eigenvalue weighted by molar-refractivity contribution is -0.123. The van der Waals surface area contributed by atoms with Gasteiger partial charge in [-0.3, -0.25) is 4.79 Å². The SMILES string of the molecule is CS(=O)(=O)N1CCC(CC(=O)NC2CCN(CCC(c3ccccc3)c3ccccc3)CC2)CC1. The molecule has 2 aliphatic rings. The molecule has 0 spiro atoms. The molecule has 2 aromatic carbocycles. The van der Waals surface area contributed by atoms with E-state index in [2.05, 4.69) is 70.9 Å². The third kappa shape index (κ3) is 7.63. The molecular weight excluding hydrogens is 458 g/mol. The summed E-state index contributed by atoms with van der Waals surface area (Å²) >= 11 is 0. The smallest absolute Gasteiger partial charge is 0.220 e. The zero-order chi connectivity index (χ0) is 24.7. The number of carbonyl (C=O) groups is 1. The molecule has 4 rings (SSSR count). The molecule has 6 nitrogen and oxygen atoms in total. The monoisotopic (exact) mass is 497 g/mol.